The number of benzene rings is 1. The number of fused-ring (bicyclic) bond motifs is 1. The van der Waals surface area contributed by atoms with E-state index in [0.29, 0.717) is 37.0 Å². The summed E-state index contributed by atoms with van der Waals surface area (Å²) >= 11 is 0. The smallest absolute Gasteiger partial charge is 0.410 e. The Bertz CT molecular complexity index is 801. The first-order valence-electron chi connectivity index (χ1n) is 8.31. The minimum atomic E-state index is -1.000. The Kier molecular flexibility index (Phi) is 4.36. The van der Waals surface area contributed by atoms with Crippen LogP contribution in [0.15, 0.2) is 18.2 Å². The molecule has 8 nitrogen and oxygen atoms in total. The second-order valence-corrected chi connectivity index (χ2v) is 7.21. The number of ether oxygens (including phenoxy) is 1. The molecule has 1 N–H and O–H groups in total. The van der Waals surface area contributed by atoms with Gasteiger partial charge in [0.2, 0.25) is 0 Å². The van der Waals surface area contributed by atoms with Crippen LogP contribution in [0.3, 0.4) is 0 Å². The molecule has 134 valence electrons. The lowest BCUT2D eigenvalue weighted by molar-refractivity contribution is 0.0185. The lowest BCUT2D eigenvalue weighted by atomic mass is 10.0. The van der Waals surface area contributed by atoms with Gasteiger partial charge < -0.3 is 14.7 Å². The molecule has 1 aliphatic heterocycles. The van der Waals surface area contributed by atoms with Crippen molar-refractivity contribution in [1.29, 1.82) is 0 Å². The number of rotatable bonds is 2. The minimum Gasteiger partial charge on any atom is -0.478 e. The molecule has 0 atom stereocenters. The highest BCUT2D eigenvalue weighted by Crippen LogP contribution is 2.28. The van der Waals surface area contributed by atoms with Gasteiger partial charge in [0.1, 0.15) is 16.6 Å². The monoisotopic (exact) mass is 346 g/mol. The summed E-state index contributed by atoms with van der Waals surface area (Å²) in [5.41, 5.74) is 0.768. The molecule has 0 radical (unpaired) electrons. The van der Waals surface area contributed by atoms with Crippen LogP contribution in [0.25, 0.3) is 11.0 Å². The molecule has 0 spiro atoms. The van der Waals surface area contributed by atoms with Crippen molar-refractivity contribution in [1.82, 2.24) is 19.9 Å². The molecule has 8 heteroatoms. The van der Waals surface area contributed by atoms with Crippen LogP contribution < -0.4 is 0 Å². The van der Waals surface area contributed by atoms with Crippen LogP contribution in [0.4, 0.5) is 4.79 Å². The Labute approximate surface area is 145 Å². The number of para-hydroxylation sites is 1. The van der Waals surface area contributed by atoms with Crippen molar-refractivity contribution in [2.75, 3.05) is 13.1 Å². The molecule has 1 saturated heterocycles. The van der Waals surface area contributed by atoms with Crippen molar-refractivity contribution >= 4 is 23.1 Å². The van der Waals surface area contributed by atoms with E-state index in [-0.39, 0.29) is 17.7 Å². The molecule has 1 fully saturated rings. The number of carbonyl (C=O) groups is 2. The summed E-state index contributed by atoms with van der Waals surface area (Å²) in [6, 6.07) is 4.97. The number of aromatic nitrogens is 3. The third-order valence-corrected chi connectivity index (χ3v) is 4.19. The Hall–Kier alpha value is -2.64. The quantitative estimate of drug-likeness (QED) is 0.898. The van der Waals surface area contributed by atoms with E-state index in [0.717, 1.165) is 0 Å². The number of carbonyl (C=O) groups excluding carboxylic acids is 1. The maximum atomic E-state index is 12.2. The molecular formula is C17H22N4O4. The summed E-state index contributed by atoms with van der Waals surface area (Å²) in [7, 11) is 0. The fourth-order valence-electron chi connectivity index (χ4n) is 3.04. The molecular weight excluding hydrogens is 324 g/mol. The van der Waals surface area contributed by atoms with Crippen molar-refractivity contribution in [2.45, 2.75) is 45.3 Å². The van der Waals surface area contributed by atoms with Gasteiger partial charge in [0.25, 0.3) is 0 Å². The second-order valence-electron chi connectivity index (χ2n) is 7.21. The normalized spacial score (nSPS) is 16.2. The topological polar surface area (TPSA) is 97.5 Å². The fourth-order valence-corrected chi connectivity index (χ4v) is 3.04. The number of amides is 1. The van der Waals surface area contributed by atoms with Crippen LogP contribution in [0.1, 0.15) is 50.0 Å². The summed E-state index contributed by atoms with van der Waals surface area (Å²) in [4.78, 5) is 25.3. The molecule has 3 rings (SSSR count). The Morgan fingerprint density at radius 3 is 2.52 bits per heavy atom. The number of aromatic carboxylic acids is 1. The second kappa shape index (κ2) is 6.34. The minimum absolute atomic E-state index is 0.00388. The third-order valence-electron chi connectivity index (χ3n) is 4.19. The average molecular weight is 346 g/mol. The maximum Gasteiger partial charge on any atom is 0.410 e. The first kappa shape index (κ1) is 17.2. The molecule has 1 aromatic carbocycles. The highest BCUT2D eigenvalue weighted by atomic mass is 16.6. The van der Waals surface area contributed by atoms with Gasteiger partial charge in [-0.3, -0.25) is 0 Å². The van der Waals surface area contributed by atoms with Crippen molar-refractivity contribution in [2.24, 2.45) is 0 Å². The first-order chi connectivity index (χ1) is 11.8. The van der Waals surface area contributed by atoms with E-state index in [1.165, 1.54) is 0 Å². The number of nitrogens with zero attached hydrogens (tertiary/aromatic N) is 4. The predicted octanol–water partition coefficient (Wildman–Crippen LogP) is 2.70. The van der Waals surface area contributed by atoms with E-state index >= 15 is 0 Å². The van der Waals surface area contributed by atoms with Crippen LogP contribution in [-0.2, 0) is 4.74 Å². The lowest BCUT2D eigenvalue weighted by Crippen LogP contribution is -2.42. The zero-order chi connectivity index (χ0) is 18.2. The standard InChI is InChI=1S/C17H22N4O4/c1-17(2,3)25-16(24)20-9-7-11(8-10-20)21-14-12(15(22)23)5-4-6-13(14)18-19-21/h4-6,11H,7-10H2,1-3H3,(H,22,23). The maximum absolute atomic E-state index is 12.2. The van der Waals surface area contributed by atoms with Crippen molar-refractivity contribution in [3.63, 3.8) is 0 Å². The third kappa shape index (κ3) is 3.57. The molecule has 0 bridgehead atoms. The molecule has 0 saturated carbocycles. The average Bonchev–Trinajstić information content (AvgIpc) is 2.97. The van der Waals surface area contributed by atoms with Crippen molar-refractivity contribution in [3.8, 4) is 0 Å². The van der Waals surface area contributed by atoms with Crippen molar-refractivity contribution in [3.05, 3.63) is 23.8 Å². The van der Waals surface area contributed by atoms with Gasteiger partial charge in [0.15, 0.2) is 0 Å². The number of carboxylic acid groups (broad SMARTS) is 1. The van der Waals surface area contributed by atoms with Crippen LogP contribution in [0, 0.1) is 0 Å². The van der Waals surface area contributed by atoms with Gasteiger partial charge in [-0.25, -0.2) is 14.3 Å². The highest BCUT2D eigenvalue weighted by molar-refractivity contribution is 6.00. The summed E-state index contributed by atoms with van der Waals surface area (Å²) < 4.78 is 7.08. The Morgan fingerprint density at radius 1 is 1.24 bits per heavy atom. The SMILES string of the molecule is CC(C)(C)OC(=O)N1CCC(n2nnc3cccc(C(=O)O)c32)CC1. The lowest BCUT2D eigenvalue weighted by Gasteiger charge is -2.33. The van der Waals surface area contributed by atoms with Gasteiger partial charge in [-0.15, -0.1) is 5.10 Å². The molecule has 1 amide bonds. The van der Waals surface area contributed by atoms with E-state index in [2.05, 4.69) is 10.3 Å². The summed E-state index contributed by atoms with van der Waals surface area (Å²) in [6.07, 6.45) is 1.03. The van der Waals surface area contributed by atoms with Crippen LogP contribution in [-0.4, -0.2) is 55.8 Å². The van der Waals surface area contributed by atoms with E-state index < -0.39 is 11.6 Å². The van der Waals surface area contributed by atoms with Crippen LogP contribution in [0.5, 0.6) is 0 Å². The van der Waals surface area contributed by atoms with Crippen LogP contribution in [0.2, 0.25) is 0 Å². The van der Waals surface area contributed by atoms with Gasteiger partial charge in [-0.05, 0) is 45.7 Å². The molecule has 2 heterocycles. The van der Waals surface area contributed by atoms with Gasteiger partial charge in [0, 0.05) is 13.1 Å². The van der Waals surface area contributed by atoms with Gasteiger partial charge >= 0.3 is 12.1 Å². The number of hydrogen-bond acceptors (Lipinski definition) is 5. The van der Waals surface area contributed by atoms with Crippen molar-refractivity contribution < 1.29 is 19.4 Å². The Balaban J connectivity index is 1.77. The van der Waals surface area contributed by atoms with E-state index in [9.17, 15) is 14.7 Å². The number of carboxylic acids is 1. The van der Waals surface area contributed by atoms with E-state index in [1.54, 1.807) is 27.8 Å². The van der Waals surface area contributed by atoms with Gasteiger partial charge in [-0.1, -0.05) is 11.3 Å². The van der Waals surface area contributed by atoms with E-state index in [4.69, 9.17) is 4.74 Å². The fraction of sp³-hybridized carbons (Fsp3) is 0.529. The zero-order valence-electron chi connectivity index (χ0n) is 14.6. The predicted molar refractivity (Wildman–Crippen MR) is 90.6 cm³/mol. The van der Waals surface area contributed by atoms with E-state index in [1.807, 2.05) is 20.8 Å². The summed E-state index contributed by atoms with van der Waals surface area (Å²) in [5.74, 6) is -1.000. The molecule has 2 aromatic rings. The van der Waals surface area contributed by atoms with Gasteiger partial charge in [-0.2, -0.15) is 0 Å². The van der Waals surface area contributed by atoms with Crippen LogP contribution >= 0.6 is 0 Å². The summed E-state index contributed by atoms with van der Waals surface area (Å²) in [6.45, 7) is 6.60. The molecule has 0 unspecified atom stereocenters. The zero-order valence-corrected chi connectivity index (χ0v) is 14.6. The summed E-state index contributed by atoms with van der Waals surface area (Å²) in [5, 5.41) is 17.7. The highest BCUT2D eigenvalue weighted by Gasteiger charge is 2.29. The molecule has 25 heavy (non-hydrogen) atoms. The van der Waals surface area contributed by atoms with Gasteiger partial charge in [0.05, 0.1) is 11.6 Å². The number of piperidine rings is 1. The number of hydrogen-bond donors (Lipinski definition) is 1. The Morgan fingerprint density at radius 2 is 1.92 bits per heavy atom. The molecule has 1 aromatic heterocycles. The number of likely N-dealkylation sites (tertiary alicyclic amines) is 1. The largest absolute Gasteiger partial charge is 0.478 e. The first-order valence-corrected chi connectivity index (χ1v) is 8.31. The molecule has 0 aliphatic carbocycles. The molecule has 1 aliphatic rings.